The Bertz CT molecular complexity index is 949. The van der Waals surface area contributed by atoms with E-state index in [1.54, 1.807) is 0 Å². The van der Waals surface area contributed by atoms with E-state index in [0.717, 1.165) is 34.7 Å². The van der Waals surface area contributed by atoms with Crippen molar-refractivity contribution in [3.05, 3.63) is 95.7 Å². The molecular formula is C30H43N3O3. The molecule has 196 valence electrons. The van der Waals surface area contributed by atoms with Crippen LogP contribution in [0.3, 0.4) is 0 Å². The lowest BCUT2D eigenvalue weighted by molar-refractivity contribution is -0.124. The highest BCUT2D eigenvalue weighted by Gasteiger charge is 2.13. The van der Waals surface area contributed by atoms with E-state index in [9.17, 15) is 4.79 Å². The third-order valence-electron chi connectivity index (χ3n) is 4.87. The van der Waals surface area contributed by atoms with Crippen molar-refractivity contribution >= 4 is 17.9 Å². The number of hydrogen-bond acceptors (Lipinski definition) is 5. The SMILES string of the molecule is C=C1C=CC(c2ccc(CNC(=O)CO)cc2)=NN1Cc1ccccc1.CC.CC=O.CCC(C)C. The minimum atomic E-state index is -0.499. The first-order chi connectivity index (χ1) is 17.3. The van der Waals surface area contributed by atoms with Crippen molar-refractivity contribution in [1.29, 1.82) is 0 Å². The molecule has 0 atom stereocenters. The van der Waals surface area contributed by atoms with Crippen molar-refractivity contribution in [2.45, 2.75) is 61.1 Å². The van der Waals surface area contributed by atoms with Crippen molar-refractivity contribution < 1.29 is 14.7 Å². The molecule has 1 amide bonds. The van der Waals surface area contributed by atoms with E-state index in [0.29, 0.717) is 13.1 Å². The molecule has 0 bridgehead atoms. The molecule has 2 aromatic rings. The molecule has 0 spiro atoms. The van der Waals surface area contributed by atoms with Gasteiger partial charge in [0.2, 0.25) is 5.91 Å². The quantitative estimate of drug-likeness (QED) is 0.473. The van der Waals surface area contributed by atoms with Gasteiger partial charge in [-0.05, 0) is 36.1 Å². The number of carbonyl (C=O) groups is 2. The van der Waals surface area contributed by atoms with Crippen LogP contribution in [0.2, 0.25) is 0 Å². The number of carbonyl (C=O) groups excluding carboxylic acids is 2. The summed E-state index contributed by atoms with van der Waals surface area (Å²) in [6.45, 7) is 16.7. The van der Waals surface area contributed by atoms with Crippen LogP contribution in [0.5, 0.6) is 0 Å². The molecular weight excluding hydrogens is 450 g/mol. The number of nitrogens with zero attached hydrogens (tertiary/aromatic N) is 2. The van der Waals surface area contributed by atoms with Gasteiger partial charge < -0.3 is 15.2 Å². The fourth-order valence-corrected chi connectivity index (χ4v) is 2.59. The Morgan fingerprint density at radius 1 is 1.06 bits per heavy atom. The van der Waals surface area contributed by atoms with Crippen molar-refractivity contribution in [3.8, 4) is 0 Å². The predicted molar refractivity (Wildman–Crippen MR) is 150 cm³/mol. The van der Waals surface area contributed by atoms with Gasteiger partial charge in [-0.25, -0.2) is 0 Å². The smallest absolute Gasteiger partial charge is 0.245 e. The van der Waals surface area contributed by atoms with Gasteiger partial charge in [-0.3, -0.25) is 9.80 Å². The standard InChI is InChI=1S/C21H21N3O2.C5H12.C2H4O.C2H6/c1-16-7-12-20(23-24(16)14-18-5-3-2-4-6-18)19-10-8-17(9-11-19)13-22-21(26)15-25;1-4-5(2)3;1-2-3;1-2/h2-12,25H,1,13-15H2,(H,22,26);5H,4H2,1-3H3;2H,1H3;1-2H3. The zero-order chi connectivity index (χ0) is 27.3. The monoisotopic (exact) mass is 493 g/mol. The van der Waals surface area contributed by atoms with E-state index in [4.69, 9.17) is 15.0 Å². The summed E-state index contributed by atoms with van der Waals surface area (Å²) < 4.78 is 0. The number of amides is 1. The summed E-state index contributed by atoms with van der Waals surface area (Å²) in [6.07, 6.45) is 5.97. The van der Waals surface area contributed by atoms with Crippen LogP contribution in [0.15, 0.2) is 84.1 Å². The minimum absolute atomic E-state index is 0.385. The van der Waals surface area contributed by atoms with Crippen molar-refractivity contribution in [2.24, 2.45) is 11.0 Å². The van der Waals surface area contributed by atoms with Crippen LogP contribution in [0, 0.1) is 5.92 Å². The number of aldehydes is 1. The number of nitrogens with one attached hydrogen (secondary N) is 1. The molecule has 0 aliphatic carbocycles. The number of aliphatic hydroxyl groups excluding tert-OH is 1. The fraction of sp³-hybridized carbons (Fsp3) is 0.367. The Kier molecular flexibility index (Phi) is 17.8. The van der Waals surface area contributed by atoms with Crippen LogP contribution in [-0.4, -0.2) is 34.6 Å². The van der Waals surface area contributed by atoms with Gasteiger partial charge in [0.15, 0.2) is 0 Å². The van der Waals surface area contributed by atoms with Crippen LogP contribution in [-0.2, 0) is 22.7 Å². The first kappa shape index (κ1) is 32.5. The van der Waals surface area contributed by atoms with E-state index in [2.05, 4.69) is 44.8 Å². The molecule has 0 radical (unpaired) electrons. The Balaban J connectivity index is 0.00000106. The van der Waals surface area contributed by atoms with Gasteiger partial charge in [-0.1, -0.05) is 102 Å². The summed E-state index contributed by atoms with van der Waals surface area (Å²) in [7, 11) is 0. The summed E-state index contributed by atoms with van der Waals surface area (Å²) in [5.74, 6) is 0.499. The van der Waals surface area contributed by atoms with Gasteiger partial charge in [0.05, 0.1) is 18.0 Å². The molecule has 3 rings (SSSR count). The third-order valence-corrected chi connectivity index (χ3v) is 4.87. The molecule has 1 aliphatic heterocycles. The number of hydrazone groups is 1. The minimum Gasteiger partial charge on any atom is -0.387 e. The topological polar surface area (TPSA) is 82.0 Å². The molecule has 6 heteroatoms. The molecule has 36 heavy (non-hydrogen) atoms. The van der Waals surface area contributed by atoms with Crippen LogP contribution in [0.4, 0.5) is 0 Å². The van der Waals surface area contributed by atoms with Gasteiger partial charge in [0.1, 0.15) is 12.9 Å². The fourth-order valence-electron chi connectivity index (χ4n) is 2.59. The second-order valence-electron chi connectivity index (χ2n) is 8.02. The molecule has 0 unspecified atom stereocenters. The molecule has 0 fully saturated rings. The van der Waals surface area contributed by atoms with Crippen molar-refractivity contribution in [2.75, 3.05) is 6.61 Å². The number of aliphatic hydroxyl groups is 1. The maximum absolute atomic E-state index is 11.1. The van der Waals surface area contributed by atoms with Gasteiger partial charge >= 0.3 is 0 Å². The van der Waals surface area contributed by atoms with E-state index in [1.807, 2.05) is 73.5 Å². The molecule has 1 heterocycles. The average molecular weight is 494 g/mol. The van der Waals surface area contributed by atoms with E-state index < -0.39 is 6.61 Å². The Morgan fingerprint density at radius 3 is 2.11 bits per heavy atom. The second kappa shape index (κ2) is 19.8. The molecule has 0 saturated heterocycles. The normalized spacial score (nSPS) is 11.6. The maximum Gasteiger partial charge on any atom is 0.245 e. The van der Waals surface area contributed by atoms with Gasteiger partial charge in [0, 0.05) is 12.1 Å². The lowest BCUT2D eigenvalue weighted by Crippen LogP contribution is -2.25. The van der Waals surface area contributed by atoms with Crippen molar-refractivity contribution in [3.63, 3.8) is 0 Å². The average Bonchev–Trinajstić information content (AvgIpc) is 2.91. The second-order valence-corrected chi connectivity index (χ2v) is 8.02. The zero-order valence-electron chi connectivity index (χ0n) is 22.7. The summed E-state index contributed by atoms with van der Waals surface area (Å²) in [4.78, 5) is 19.9. The number of allylic oxidation sites excluding steroid dienone is 2. The van der Waals surface area contributed by atoms with E-state index >= 15 is 0 Å². The molecule has 2 N–H and O–H groups in total. The highest BCUT2D eigenvalue weighted by atomic mass is 16.3. The number of hydrogen-bond donors (Lipinski definition) is 2. The lowest BCUT2D eigenvalue weighted by Gasteiger charge is -2.24. The lowest BCUT2D eigenvalue weighted by atomic mass is 10.1. The molecule has 0 saturated carbocycles. The van der Waals surface area contributed by atoms with E-state index in [-0.39, 0.29) is 5.91 Å². The summed E-state index contributed by atoms with van der Waals surface area (Å²) in [5.41, 5.74) is 4.83. The Hall–Kier alpha value is -3.51. The summed E-state index contributed by atoms with van der Waals surface area (Å²) in [5, 5.41) is 18.0. The predicted octanol–water partition coefficient (Wildman–Crippen LogP) is 5.87. The van der Waals surface area contributed by atoms with Crippen LogP contribution >= 0.6 is 0 Å². The zero-order valence-corrected chi connectivity index (χ0v) is 22.7. The van der Waals surface area contributed by atoms with Gasteiger partial charge in [-0.15, -0.1) is 0 Å². The largest absolute Gasteiger partial charge is 0.387 e. The summed E-state index contributed by atoms with van der Waals surface area (Å²) >= 11 is 0. The summed E-state index contributed by atoms with van der Waals surface area (Å²) in [6, 6.07) is 18.0. The van der Waals surface area contributed by atoms with Gasteiger partial charge in [-0.2, -0.15) is 5.10 Å². The molecule has 6 nitrogen and oxygen atoms in total. The highest BCUT2D eigenvalue weighted by Crippen LogP contribution is 2.18. The first-order valence-corrected chi connectivity index (χ1v) is 12.5. The van der Waals surface area contributed by atoms with Gasteiger partial charge in [0.25, 0.3) is 0 Å². The van der Waals surface area contributed by atoms with E-state index in [1.165, 1.54) is 18.9 Å². The Labute approximate surface area is 217 Å². The van der Waals surface area contributed by atoms with Crippen LogP contribution in [0.1, 0.15) is 64.7 Å². The number of rotatable bonds is 7. The first-order valence-electron chi connectivity index (χ1n) is 12.5. The molecule has 1 aliphatic rings. The molecule has 2 aromatic carbocycles. The maximum atomic E-state index is 11.1. The Morgan fingerprint density at radius 2 is 1.61 bits per heavy atom. The third kappa shape index (κ3) is 13.4. The van der Waals surface area contributed by atoms with Crippen molar-refractivity contribution in [1.82, 2.24) is 10.3 Å². The highest BCUT2D eigenvalue weighted by molar-refractivity contribution is 6.09. The van der Waals surface area contributed by atoms with Crippen LogP contribution < -0.4 is 5.32 Å². The number of benzene rings is 2. The molecule has 0 aromatic heterocycles. The van der Waals surface area contributed by atoms with Crippen LogP contribution in [0.25, 0.3) is 0 Å².